The van der Waals surface area contributed by atoms with E-state index in [2.05, 4.69) is 32.9 Å². The molecule has 0 spiro atoms. The molecule has 0 heterocycles. The van der Waals surface area contributed by atoms with E-state index in [0.717, 1.165) is 16.7 Å². The number of benzene rings is 2. The Morgan fingerprint density at radius 3 is 1.95 bits per heavy atom. The van der Waals surface area contributed by atoms with E-state index in [9.17, 15) is 9.90 Å². The summed E-state index contributed by atoms with van der Waals surface area (Å²) in [6, 6.07) is 12.0. The zero-order chi connectivity index (χ0) is 15.6. The Kier molecular flexibility index (Phi) is 4.46. The van der Waals surface area contributed by atoms with Gasteiger partial charge in [-0.05, 0) is 56.4 Å². The molecular formula is C19H22O2. The molecule has 2 nitrogen and oxygen atoms in total. The van der Waals surface area contributed by atoms with Gasteiger partial charge in [0.05, 0.1) is 5.92 Å². The van der Waals surface area contributed by atoms with E-state index in [0.29, 0.717) is 6.42 Å². The van der Waals surface area contributed by atoms with Gasteiger partial charge in [-0.15, -0.1) is 0 Å². The van der Waals surface area contributed by atoms with Crippen molar-refractivity contribution in [2.24, 2.45) is 0 Å². The van der Waals surface area contributed by atoms with Crippen LogP contribution < -0.4 is 0 Å². The van der Waals surface area contributed by atoms with Gasteiger partial charge in [-0.25, -0.2) is 0 Å². The first kappa shape index (κ1) is 15.3. The second kappa shape index (κ2) is 6.13. The van der Waals surface area contributed by atoms with Crippen LogP contribution in [-0.2, 0) is 11.2 Å². The van der Waals surface area contributed by atoms with Crippen LogP contribution in [0, 0.1) is 27.7 Å². The maximum absolute atomic E-state index is 11.7. The van der Waals surface area contributed by atoms with Gasteiger partial charge >= 0.3 is 5.97 Å². The maximum atomic E-state index is 11.7. The number of aryl methyl sites for hydroxylation is 4. The number of aliphatic carboxylic acids is 1. The van der Waals surface area contributed by atoms with E-state index >= 15 is 0 Å². The second-order valence-electron chi connectivity index (χ2n) is 5.88. The van der Waals surface area contributed by atoms with Crippen LogP contribution in [0.15, 0.2) is 36.4 Å². The van der Waals surface area contributed by atoms with Crippen LogP contribution in [-0.4, -0.2) is 11.1 Å². The van der Waals surface area contributed by atoms with Crippen molar-refractivity contribution in [2.75, 3.05) is 0 Å². The van der Waals surface area contributed by atoms with Gasteiger partial charge in [-0.2, -0.15) is 0 Å². The number of hydrogen-bond acceptors (Lipinski definition) is 1. The summed E-state index contributed by atoms with van der Waals surface area (Å²) in [5.74, 6) is -1.26. The first-order valence-corrected chi connectivity index (χ1v) is 7.24. The first-order chi connectivity index (χ1) is 9.88. The molecule has 2 aromatic rings. The van der Waals surface area contributed by atoms with Crippen molar-refractivity contribution in [3.05, 3.63) is 69.8 Å². The van der Waals surface area contributed by atoms with Crippen molar-refractivity contribution in [2.45, 2.75) is 40.0 Å². The molecule has 2 heteroatoms. The van der Waals surface area contributed by atoms with Crippen LogP contribution in [0.2, 0.25) is 0 Å². The molecule has 110 valence electrons. The van der Waals surface area contributed by atoms with E-state index in [1.165, 1.54) is 16.7 Å². The lowest BCUT2D eigenvalue weighted by atomic mass is 9.87. The van der Waals surface area contributed by atoms with Crippen molar-refractivity contribution in [3.8, 4) is 0 Å². The minimum absolute atomic E-state index is 0.495. The van der Waals surface area contributed by atoms with Gasteiger partial charge in [0.25, 0.3) is 0 Å². The van der Waals surface area contributed by atoms with Crippen LogP contribution in [0.4, 0.5) is 0 Å². The van der Waals surface area contributed by atoms with Gasteiger partial charge in [-0.3, -0.25) is 4.79 Å². The lowest BCUT2D eigenvalue weighted by Gasteiger charge is -2.17. The number of rotatable bonds is 4. The number of carboxylic acid groups (broad SMARTS) is 1. The Morgan fingerprint density at radius 2 is 1.48 bits per heavy atom. The van der Waals surface area contributed by atoms with Crippen LogP contribution in [0.25, 0.3) is 0 Å². The average Bonchev–Trinajstić information content (AvgIpc) is 2.39. The molecule has 1 atom stereocenters. The molecule has 0 saturated carbocycles. The van der Waals surface area contributed by atoms with Crippen molar-refractivity contribution in [3.63, 3.8) is 0 Å². The molecular weight excluding hydrogens is 260 g/mol. The fourth-order valence-electron chi connectivity index (χ4n) is 2.88. The minimum Gasteiger partial charge on any atom is -0.481 e. The summed E-state index contributed by atoms with van der Waals surface area (Å²) >= 11 is 0. The van der Waals surface area contributed by atoms with E-state index in [4.69, 9.17) is 0 Å². The van der Waals surface area contributed by atoms with Crippen molar-refractivity contribution in [1.82, 2.24) is 0 Å². The average molecular weight is 282 g/mol. The molecule has 0 amide bonds. The Morgan fingerprint density at radius 1 is 0.952 bits per heavy atom. The number of carboxylic acids is 1. The lowest BCUT2D eigenvalue weighted by molar-refractivity contribution is -0.138. The maximum Gasteiger partial charge on any atom is 0.311 e. The van der Waals surface area contributed by atoms with Crippen LogP contribution in [0.1, 0.15) is 39.3 Å². The molecule has 0 bridgehead atoms. The Bertz CT molecular complexity index is 631. The molecule has 2 aromatic carbocycles. The summed E-state index contributed by atoms with van der Waals surface area (Å²) in [6.45, 7) is 8.19. The SMILES string of the molecule is Cc1ccc(C(Cc2c(C)cc(C)cc2C)C(=O)O)cc1. The van der Waals surface area contributed by atoms with Crippen molar-refractivity contribution in [1.29, 1.82) is 0 Å². The quantitative estimate of drug-likeness (QED) is 0.906. The molecule has 0 radical (unpaired) electrons. The zero-order valence-electron chi connectivity index (χ0n) is 13.1. The highest BCUT2D eigenvalue weighted by Gasteiger charge is 2.22. The smallest absolute Gasteiger partial charge is 0.311 e. The fourth-order valence-corrected chi connectivity index (χ4v) is 2.88. The molecule has 1 N–H and O–H groups in total. The van der Waals surface area contributed by atoms with Gasteiger partial charge in [0, 0.05) is 0 Å². The van der Waals surface area contributed by atoms with E-state index in [1.807, 2.05) is 31.2 Å². The van der Waals surface area contributed by atoms with E-state index in [-0.39, 0.29) is 0 Å². The third-order valence-corrected chi connectivity index (χ3v) is 4.03. The predicted molar refractivity (Wildman–Crippen MR) is 85.9 cm³/mol. The summed E-state index contributed by atoms with van der Waals surface area (Å²) in [6.07, 6.45) is 0.538. The van der Waals surface area contributed by atoms with Gasteiger partial charge < -0.3 is 5.11 Å². The third kappa shape index (κ3) is 3.52. The molecule has 0 aliphatic carbocycles. The molecule has 0 aliphatic rings. The molecule has 0 saturated heterocycles. The largest absolute Gasteiger partial charge is 0.481 e. The highest BCUT2D eigenvalue weighted by molar-refractivity contribution is 5.76. The fraction of sp³-hybridized carbons (Fsp3) is 0.316. The highest BCUT2D eigenvalue weighted by Crippen LogP contribution is 2.26. The molecule has 0 aromatic heterocycles. The van der Waals surface area contributed by atoms with E-state index in [1.54, 1.807) is 0 Å². The summed E-state index contributed by atoms with van der Waals surface area (Å²) in [4.78, 5) is 11.7. The Balaban J connectivity index is 2.38. The standard InChI is InChI=1S/C19H22O2/c1-12-5-7-16(8-6-12)18(19(20)21)11-17-14(3)9-13(2)10-15(17)4/h5-10,18H,11H2,1-4H3,(H,20,21). The van der Waals surface area contributed by atoms with Gasteiger partial charge in [0.15, 0.2) is 0 Å². The summed E-state index contributed by atoms with van der Waals surface area (Å²) in [7, 11) is 0. The van der Waals surface area contributed by atoms with Crippen molar-refractivity contribution >= 4 is 5.97 Å². The predicted octanol–water partition coefficient (Wildman–Crippen LogP) is 4.33. The van der Waals surface area contributed by atoms with Gasteiger partial charge in [0.2, 0.25) is 0 Å². The topological polar surface area (TPSA) is 37.3 Å². The molecule has 0 aliphatic heterocycles. The van der Waals surface area contributed by atoms with Gasteiger partial charge in [-0.1, -0.05) is 47.5 Å². The lowest BCUT2D eigenvalue weighted by Crippen LogP contribution is -2.15. The number of carbonyl (C=O) groups is 1. The van der Waals surface area contributed by atoms with Crippen LogP contribution in [0.5, 0.6) is 0 Å². The van der Waals surface area contributed by atoms with Crippen LogP contribution in [0.3, 0.4) is 0 Å². The highest BCUT2D eigenvalue weighted by atomic mass is 16.4. The van der Waals surface area contributed by atoms with E-state index < -0.39 is 11.9 Å². The summed E-state index contributed by atoms with van der Waals surface area (Å²) in [5, 5.41) is 9.59. The second-order valence-corrected chi connectivity index (χ2v) is 5.88. The molecule has 21 heavy (non-hydrogen) atoms. The molecule has 2 rings (SSSR count). The van der Waals surface area contributed by atoms with Crippen LogP contribution >= 0.6 is 0 Å². The van der Waals surface area contributed by atoms with Gasteiger partial charge in [0.1, 0.15) is 0 Å². The molecule has 0 fully saturated rings. The summed E-state index contributed by atoms with van der Waals surface area (Å²) < 4.78 is 0. The first-order valence-electron chi connectivity index (χ1n) is 7.24. The minimum atomic E-state index is -0.766. The normalized spacial score (nSPS) is 12.2. The van der Waals surface area contributed by atoms with Crippen molar-refractivity contribution < 1.29 is 9.90 Å². The monoisotopic (exact) mass is 282 g/mol. The number of hydrogen-bond donors (Lipinski definition) is 1. The molecule has 1 unspecified atom stereocenters. The zero-order valence-corrected chi connectivity index (χ0v) is 13.1. The Hall–Kier alpha value is -2.09. The third-order valence-electron chi connectivity index (χ3n) is 4.03. The Labute approximate surface area is 126 Å². The summed E-state index contributed by atoms with van der Waals surface area (Å²) in [5.41, 5.74) is 6.72.